The van der Waals surface area contributed by atoms with Crippen molar-refractivity contribution >= 4 is 17.4 Å². The predicted octanol–water partition coefficient (Wildman–Crippen LogP) is 3.91. The number of aromatic nitrogens is 4. The van der Waals surface area contributed by atoms with Crippen molar-refractivity contribution in [1.82, 2.24) is 19.6 Å². The van der Waals surface area contributed by atoms with E-state index in [0.29, 0.717) is 5.78 Å². The molecule has 6 heteroatoms. The molecule has 0 atom stereocenters. The molecule has 2 aromatic heterocycles. The molecule has 0 aromatic carbocycles. The number of piperidine rings is 1. The van der Waals surface area contributed by atoms with Crippen LogP contribution in [0, 0.1) is 0 Å². The fraction of sp³-hybridized carbons (Fsp3) is 0.737. The molecule has 1 fully saturated rings. The highest BCUT2D eigenvalue weighted by Gasteiger charge is 2.18. The molecule has 0 unspecified atom stereocenters. The number of hydrogen-bond acceptors (Lipinski definition) is 5. The second-order valence-corrected chi connectivity index (χ2v) is 7.04. The van der Waals surface area contributed by atoms with Crippen LogP contribution in [0.1, 0.15) is 65.2 Å². The number of hydrogen-bond donors (Lipinski definition) is 0. The van der Waals surface area contributed by atoms with Crippen LogP contribution in [0.4, 0.5) is 11.6 Å². The van der Waals surface area contributed by atoms with Crippen LogP contribution >= 0.6 is 0 Å². The first-order valence-corrected chi connectivity index (χ1v) is 10.0. The zero-order valence-electron chi connectivity index (χ0n) is 15.8. The predicted molar refractivity (Wildman–Crippen MR) is 103 cm³/mol. The second-order valence-electron chi connectivity index (χ2n) is 7.04. The van der Waals surface area contributed by atoms with Crippen molar-refractivity contribution in [2.24, 2.45) is 0 Å². The zero-order valence-corrected chi connectivity index (χ0v) is 15.8. The first-order chi connectivity index (χ1) is 12.3. The summed E-state index contributed by atoms with van der Waals surface area (Å²) in [5, 5.41) is 4.44. The van der Waals surface area contributed by atoms with Crippen molar-refractivity contribution in [2.75, 3.05) is 36.0 Å². The van der Waals surface area contributed by atoms with Gasteiger partial charge in [-0.05, 0) is 32.1 Å². The Labute approximate surface area is 151 Å². The van der Waals surface area contributed by atoms with E-state index in [1.165, 1.54) is 44.9 Å². The number of nitrogens with zero attached hydrogens (tertiary/aromatic N) is 6. The van der Waals surface area contributed by atoms with Gasteiger partial charge in [0, 0.05) is 32.2 Å². The van der Waals surface area contributed by atoms with Crippen molar-refractivity contribution in [1.29, 1.82) is 0 Å². The zero-order chi connectivity index (χ0) is 17.5. The van der Waals surface area contributed by atoms with E-state index < -0.39 is 0 Å². The van der Waals surface area contributed by atoms with Crippen molar-refractivity contribution in [2.45, 2.75) is 65.2 Å². The summed E-state index contributed by atoms with van der Waals surface area (Å²) in [6.45, 7) is 8.82. The Morgan fingerprint density at radius 1 is 1.00 bits per heavy atom. The minimum atomic E-state index is 0.715. The van der Waals surface area contributed by atoms with Crippen molar-refractivity contribution < 1.29 is 0 Å². The molecule has 1 saturated heterocycles. The molecule has 3 heterocycles. The molecule has 138 valence electrons. The van der Waals surface area contributed by atoms with Gasteiger partial charge in [-0.2, -0.15) is 19.6 Å². The summed E-state index contributed by atoms with van der Waals surface area (Å²) >= 11 is 0. The Kier molecular flexibility index (Phi) is 6.48. The summed E-state index contributed by atoms with van der Waals surface area (Å²) in [6.07, 6.45) is 11.7. The minimum absolute atomic E-state index is 0.715. The maximum atomic E-state index is 4.76. The van der Waals surface area contributed by atoms with Crippen LogP contribution in [-0.2, 0) is 0 Å². The van der Waals surface area contributed by atoms with Crippen LogP contribution < -0.4 is 9.80 Å². The highest BCUT2D eigenvalue weighted by Crippen LogP contribution is 2.24. The Morgan fingerprint density at radius 3 is 2.60 bits per heavy atom. The van der Waals surface area contributed by atoms with Crippen molar-refractivity contribution in [3.63, 3.8) is 0 Å². The lowest BCUT2D eigenvalue weighted by atomic mass is 10.1. The van der Waals surface area contributed by atoms with Gasteiger partial charge in [0.15, 0.2) is 0 Å². The lowest BCUT2D eigenvalue weighted by Gasteiger charge is -2.30. The SMILES string of the molecule is CCCCCCN(CCC)c1cc(N2CCCCC2)nc2ncnn12. The summed E-state index contributed by atoms with van der Waals surface area (Å²) < 4.78 is 1.91. The molecule has 25 heavy (non-hydrogen) atoms. The smallest absolute Gasteiger partial charge is 0.256 e. The monoisotopic (exact) mass is 344 g/mol. The van der Waals surface area contributed by atoms with Gasteiger partial charge in [0.1, 0.15) is 18.0 Å². The molecule has 1 aliphatic rings. The molecule has 0 aliphatic carbocycles. The van der Waals surface area contributed by atoms with E-state index in [4.69, 9.17) is 4.98 Å². The van der Waals surface area contributed by atoms with E-state index >= 15 is 0 Å². The molecule has 0 radical (unpaired) electrons. The molecule has 2 aromatic rings. The molecule has 1 aliphatic heterocycles. The normalized spacial score (nSPS) is 15.0. The fourth-order valence-corrected chi connectivity index (χ4v) is 3.64. The first kappa shape index (κ1) is 18.0. The molecule has 0 spiro atoms. The maximum Gasteiger partial charge on any atom is 0.256 e. The van der Waals surface area contributed by atoms with E-state index in [-0.39, 0.29) is 0 Å². The largest absolute Gasteiger partial charge is 0.356 e. The number of unbranched alkanes of at least 4 members (excludes halogenated alkanes) is 3. The van der Waals surface area contributed by atoms with E-state index in [0.717, 1.165) is 44.2 Å². The van der Waals surface area contributed by atoms with Crippen molar-refractivity contribution in [3.05, 3.63) is 12.4 Å². The first-order valence-electron chi connectivity index (χ1n) is 10.0. The third-order valence-electron chi connectivity index (χ3n) is 5.00. The number of fused-ring (bicyclic) bond motifs is 1. The average Bonchev–Trinajstić information content (AvgIpc) is 3.13. The summed E-state index contributed by atoms with van der Waals surface area (Å²) in [5.41, 5.74) is 0. The van der Waals surface area contributed by atoms with Crippen LogP contribution in [0.25, 0.3) is 5.78 Å². The lowest BCUT2D eigenvalue weighted by molar-refractivity contribution is 0.572. The topological polar surface area (TPSA) is 49.6 Å². The van der Waals surface area contributed by atoms with Gasteiger partial charge in [-0.3, -0.25) is 0 Å². The van der Waals surface area contributed by atoms with Gasteiger partial charge in [0.25, 0.3) is 5.78 Å². The highest BCUT2D eigenvalue weighted by atomic mass is 15.4. The van der Waals surface area contributed by atoms with Gasteiger partial charge < -0.3 is 9.80 Å². The maximum absolute atomic E-state index is 4.76. The molecule has 0 N–H and O–H groups in total. The van der Waals surface area contributed by atoms with E-state index in [1.54, 1.807) is 6.33 Å². The Morgan fingerprint density at radius 2 is 1.84 bits per heavy atom. The van der Waals surface area contributed by atoms with Gasteiger partial charge in [0.05, 0.1) is 0 Å². The molecule has 6 nitrogen and oxygen atoms in total. The number of anilines is 2. The van der Waals surface area contributed by atoms with E-state index in [9.17, 15) is 0 Å². The Balaban J connectivity index is 1.86. The molecule has 3 rings (SSSR count). The summed E-state index contributed by atoms with van der Waals surface area (Å²) in [5.74, 6) is 2.92. The average molecular weight is 345 g/mol. The van der Waals surface area contributed by atoms with Crippen LogP contribution in [0.3, 0.4) is 0 Å². The summed E-state index contributed by atoms with van der Waals surface area (Å²) in [6, 6.07) is 2.22. The van der Waals surface area contributed by atoms with Crippen molar-refractivity contribution in [3.8, 4) is 0 Å². The van der Waals surface area contributed by atoms with E-state index in [2.05, 4.69) is 39.8 Å². The Hall–Kier alpha value is -1.85. The standard InChI is InChI=1S/C19H32N6/c1-3-5-6-8-14-24(11-4-2)18-15-17(23-12-9-7-10-13-23)22-19-20-16-21-25(18)19/h15-16H,3-14H2,1-2H3. The summed E-state index contributed by atoms with van der Waals surface area (Å²) in [4.78, 5) is 14.0. The fourth-order valence-electron chi connectivity index (χ4n) is 3.64. The van der Waals surface area contributed by atoms with Crippen LogP contribution in [0.5, 0.6) is 0 Å². The highest BCUT2D eigenvalue weighted by molar-refractivity contribution is 5.56. The molecule has 0 saturated carbocycles. The molecular weight excluding hydrogens is 312 g/mol. The van der Waals surface area contributed by atoms with Gasteiger partial charge in [-0.25, -0.2) is 0 Å². The lowest BCUT2D eigenvalue weighted by Crippen LogP contribution is -2.32. The molecular formula is C19H32N6. The van der Waals surface area contributed by atoms with Crippen LogP contribution in [-0.4, -0.2) is 45.8 Å². The summed E-state index contributed by atoms with van der Waals surface area (Å²) in [7, 11) is 0. The Bertz CT molecular complexity index is 646. The second kappa shape index (κ2) is 9.02. The van der Waals surface area contributed by atoms with E-state index in [1.807, 2.05) is 4.52 Å². The van der Waals surface area contributed by atoms with Gasteiger partial charge in [-0.1, -0.05) is 33.1 Å². The molecule has 0 bridgehead atoms. The van der Waals surface area contributed by atoms with Crippen LogP contribution in [0.15, 0.2) is 12.4 Å². The quantitative estimate of drug-likeness (QED) is 0.646. The number of rotatable bonds is 9. The van der Waals surface area contributed by atoms with Gasteiger partial charge >= 0.3 is 0 Å². The molecule has 0 amide bonds. The third-order valence-corrected chi connectivity index (χ3v) is 5.00. The minimum Gasteiger partial charge on any atom is -0.356 e. The van der Waals surface area contributed by atoms with Gasteiger partial charge in [0.2, 0.25) is 0 Å². The van der Waals surface area contributed by atoms with Crippen LogP contribution in [0.2, 0.25) is 0 Å². The van der Waals surface area contributed by atoms with Gasteiger partial charge in [-0.15, -0.1) is 0 Å². The third kappa shape index (κ3) is 4.41.